The highest BCUT2D eigenvalue weighted by molar-refractivity contribution is 7.81. The number of hydrogen-bond donors (Lipinski definition) is 1. The van der Waals surface area contributed by atoms with E-state index in [1.165, 1.54) is 13.0 Å². The summed E-state index contributed by atoms with van der Waals surface area (Å²) >= 11 is 0. The minimum Gasteiger partial charge on any atom is -0.321 e. The second-order valence-electron chi connectivity index (χ2n) is 2.09. The lowest BCUT2D eigenvalue weighted by Gasteiger charge is -1.98. The largest absolute Gasteiger partial charge is 0.449 e. The Morgan fingerprint density at radius 1 is 1.58 bits per heavy atom. The zero-order valence-corrected chi connectivity index (χ0v) is 7.59. The lowest BCUT2D eigenvalue weighted by molar-refractivity contribution is -0.130. The molecule has 0 saturated heterocycles. The van der Waals surface area contributed by atoms with Gasteiger partial charge >= 0.3 is 16.4 Å². The minimum atomic E-state index is -4.68. The summed E-state index contributed by atoms with van der Waals surface area (Å²) in [7, 11) is -4.68. The molecule has 0 radical (unpaired) electrons. The van der Waals surface area contributed by atoms with Crippen LogP contribution in [0, 0.1) is 0 Å². The predicted molar refractivity (Wildman–Crippen MR) is 41.7 cm³/mol. The molecule has 0 rings (SSSR count). The van der Waals surface area contributed by atoms with Gasteiger partial charge in [0.15, 0.2) is 0 Å². The smallest absolute Gasteiger partial charge is 0.321 e. The van der Waals surface area contributed by atoms with E-state index in [-0.39, 0.29) is 5.57 Å². The average Bonchev–Trinajstić information content (AvgIpc) is 1.84. The molecule has 0 aromatic carbocycles. The quantitative estimate of drug-likeness (QED) is 0.528. The van der Waals surface area contributed by atoms with Crippen LogP contribution in [-0.4, -0.2) is 18.9 Å². The van der Waals surface area contributed by atoms with Gasteiger partial charge in [-0.25, -0.2) is 4.79 Å². The van der Waals surface area contributed by atoms with Gasteiger partial charge in [0, 0.05) is 5.57 Å². The second kappa shape index (κ2) is 4.22. The van der Waals surface area contributed by atoms with Crippen LogP contribution in [0.3, 0.4) is 0 Å². The molecule has 0 spiro atoms. The van der Waals surface area contributed by atoms with Gasteiger partial charge in [-0.2, -0.15) is 8.42 Å². The number of rotatable bonds is 3. The van der Waals surface area contributed by atoms with Gasteiger partial charge in [0.2, 0.25) is 0 Å². The van der Waals surface area contributed by atoms with Crippen molar-refractivity contribution >= 4 is 16.4 Å². The normalized spacial score (nSPS) is 12.8. The molecule has 0 aromatic rings. The molecule has 5 nitrogen and oxygen atoms in total. The minimum absolute atomic E-state index is 0.148. The number of hydrogen-bond acceptors (Lipinski definition) is 4. The molecule has 12 heavy (non-hydrogen) atoms. The molecule has 0 bridgehead atoms. The highest BCUT2D eigenvalue weighted by atomic mass is 32.3. The van der Waals surface area contributed by atoms with Crippen molar-refractivity contribution in [3.63, 3.8) is 0 Å². The third-order valence-corrected chi connectivity index (χ3v) is 1.38. The van der Waals surface area contributed by atoms with Crippen LogP contribution >= 0.6 is 0 Å². The first-order chi connectivity index (χ1) is 5.37. The summed E-state index contributed by atoms with van der Waals surface area (Å²) in [6.07, 6.45) is 2.08. The molecule has 0 aliphatic carbocycles. The van der Waals surface area contributed by atoms with E-state index in [9.17, 15) is 13.2 Å². The number of carbonyl (C=O) groups is 1. The van der Waals surface area contributed by atoms with Crippen molar-refractivity contribution in [3.8, 4) is 0 Å². The van der Waals surface area contributed by atoms with Crippen LogP contribution < -0.4 is 0 Å². The third kappa shape index (κ3) is 4.86. The van der Waals surface area contributed by atoms with E-state index in [4.69, 9.17) is 4.55 Å². The molecule has 0 atom stereocenters. The molecule has 0 unspecified atom stereocenters. The van der Waals surface area contributed by atoms with Gasteiger partial charge in [0.1, 0.15) is 0 Å². The summed E-state index contributed by atoms with van der Waals surface area (Å²) in [6.45, 7) is 3.18. The van der Waals surface area contributed by atoms with Crippen LogP contribution in [0.15, 0.2) is 11.6 Å². The molecule has 0 aliphatic heterocycles. The van der Waals surface area contributed by atoms with Crippen molar-refractivity contribution in [2.24, 2.45) is 0 Å². The fraction of sp³-hybridized carbons (Fsp3) is 0.500. The van der Waals surface area contributed by atoms with E-state index in [2.05, 4.69) is 4.18 Å². The number of allylic oxidation sites excluding steroid dienone is 1. The van der Waals surface area contributed by atoms with Crippen molar-refractivity contribution < 1.29 is 21.9 Å². The molecule has 0 aliphatic rings. The summed E-state index contributed by atoms with van der Waals surface area (Å²) in [5.74, 6) is -1.06. The van der Waals surface area contributed by atoms with Crippen molar-refractivity contribution in [2.75, 3.05) is 0 Å². The lowest BCUT2D eigenvalue weighted by Crippen LogP contribution is -2.12. The van der Waals surface area contributed by atoms with Gasteiger partial charge < -0.3 is 4.18 Å². The van der Waals surface area contributed by atoms with Crippen LogP contribution in [-0.2, 0) is 19.4 Å². The third-order valence-electron chi connectivity index (χ3n) is 1.01. The lowest BCUT2D eigenvalue weighted by atomic mass is 10.2. The van der Waals surface area contributed by atoms with Gasteiger partial charge in [0.05, 0.1) is 0 Å². The van der Waals surface area contributed by atoms with E-state index in [1.54, 1.807) is 6.92 Å². The van der Waals surface area contributed by atoms with Crippen LogP contribution in [0.4, 0.5) is 0 Å². The van der Waals surface area contributed by atoms with E-state index in [0.29, 0.717) is 6.42 Å². The van der Waals surface area contributed by atoms with E-state index < -0.39 is 16.4 Å². The fourth-order valence-corrected chi connectivity index (χ4v) is 0.874. The topological polar surface area (TPSA) is 80.7 Å². The van der Waals surface area contributed by atoms with E-state index >= 15 is 0 Å². The summed E-state index contributed by atoms with van der Waals surface area (Å²) in [5.41, 5.74) is 0.148. The maximum Gasteiger partial charge on any atom is 0.449 e. The molecule has 1 N–H and O–H groups in total. The summed E-state index contributed by atoms with van der Waals surface area (Å²) < 4.78 is 31.9. The zero-order chi connectivity index (χ0) is 9.78. The molecule has 0 fully saturated rings. The van der Waals surface area contributed by atoms with Crippen molar-refractivity contribution in [2.45, 2.75) is 20.3 Å². The molecule has 6 heteroatoms. The molecule has 0 aromatic heterocycles. The Morgan fingerprint density at radius 2 is 2.08 bits per heavy atom. The standard InChI is InChI=1S/C6H10O5S/c1-3-4-5(2)6(7)11-12(8,9)10/h4H,3H2,1-2H3,(H,8,9,10). The van der Waals surface area contributed by atoms with Crippen molar-refractivity contribution in [3.05, 3.63) is 11.6 Å². The van der Waals surface area contributed by atoms with E-state index in [1.807, 2.05) is 0 Å². The molecule has 0 heterocycles. The van der Waals surface area contributed by atoms with Gasteiger partial charge in [-0.15, -0.1) is 0 Å². The van der Waals surface area contributed by atoms with Crippen LogP contribution in [0.5, 0.6) is 0 Å². The van der Waals surface area contributed by atoms with Crippen LogP contribution in [0.1, 0.15) is 20.3 Å². The monoisotopic (exact) mass is 194 g/mol. The zero-order valence-electron chi connectivity index (χ0n) is 6.77. The van der Waals surface area contributed by atoms with Gasteiger partial charge in [-0.05, 0) is 13.3 Å². The Morgan fingerprint density at radius 3 is 2.42 bits per heavy atom. The Kier molecular flexibility index (Phi) is 3.91. The second-order valence-corrected chi connectivity index (χ2v) is 3.12. The summed E-state index contributed by atoms with van der Waals surface area (Å²) in [6, 6.07) is 0. The average molecular weight is 194 g/mol. The van der Waals surface area contributed by atoms with Crippen molar-refractivity contribution in [1.29, 1.82) is 0 Å². The number of carbonyl (C=O) groups excluding carboxylic acids is 1. The maximum absolute atomic E-state index is 10.7. The first kappa shape index (κ1) is 11.1. The Hall–Kier alpha value is -0.880. The Bertz CT molecular complexity index is 287. The van der Waals surface area contributed by atoms with E-state index in [0.717, 1.165) is 0 Å². The highest BCUT2D eigenvalue weighted by Gasteiger charge is 2.13. The SMILES string of the molecule is CCC=C(C)C(=O)OS(=O)(=O)O. The fourth-order valence-electron chi connectivity index (χ4n) is 0.551. The van der Waals surface area contributed by atoms with Crippen LogP contribution in [0.25, 0.3) is 0 Å². The van der Waals surface area contributed by atoms with Crippen LogP contribution in [0.2, 0.25) is 0 Å². The first-order valence-corrected chi connectivity index (χ1v) is 4.61. The summed E-state index contributed by atoms with van der Waals surface area (Å²) in [5, 5.41) is 0. The maximum atomic E-state index is 10.7. The van der Waals surface area contributed by atoms with Gasteiger partial charge in [-0.1, -0.05) is 13.0 Å². The molecule has 70 valence electrons. The molecular weight excluding hydrogens is 184 g/mol. The predicted octanol–water partition coefficient (Wildman–Crippen LogP) is 0.689. The van der Waals surface area contributed by atoms with Crippen molar-refractivity contribution in [1.82, 2.24) is 0 Å². The van der Waals surface area contributed by atoms with Gasteiger partial charge in [0.25, 0.3) is 0 Å². The van der Waals surface area contributed by atoms with Gasteiger partial charge in [-0.3, -0.25) is 4.55 Å². The molecular formula is C6H10O5S. The highest BCUT2D eigenvalue weighted by Crippen LogP contribution is 2.00. The summed E-state index contributed by atoms with van der Waals surface area (Å²) in [4.78, 5) is 10.7. The Labute approximate surface area is 71.0 Å². The molecule has 0 saturated carbocycles. The Balaban J connectivity index is 4.35. The first-order valence-electron chi connectivity index (χ1n) is 3.24. The molecule has 0 amide bonds.